The molecule has 2 heterocycles. The predicted octanol–water partition coefficient (Wildman–Crippen LogP) is 2.50. The number of anilines is 1. The molecule has 2 aromatic heterocycles. The molecule has 0 aliphatic heterocycles. The van der Waals surface area contributed by atoms with Crippen molar-refractivity contribution in [1.29, 1.82) is 0 Å². The number of hydrogen-bond donors (Lipinski definition) is 1. The summed E-state index contributed by atoms with van der Waals surface area (Å²) in [4.78, 5) is 16.1. The first kappa shape index (κ1) is 12.6. The molecule has 0 saturated heterocycles. The molecule has 2 rings (SSSR count). The molecule has 18 heavy (non-hydrogen) atoms. The van der Waals surface area contributed by atoms with Crippen LogP contribution in [0, 0.1) is 13.8 Å². The summed E-state index contributed by atoms with van der Waals surface area (Å²) in [7, 11) is 0. The van der Waals surface area contributed by atoms with E-state index in [0.29, 0.717) is 22.6 Å². The van der Waals surface area contributed by atoms with Crippen molar-refractivity contribution in [2.45, 2.75) is 13.8 Å². The molecule has 2 aromatic rings. The third-order valence-corrected chi connectivity index (χ3v) is 2.74. The van der Waals surface area contributed by atoms with Gasteiger partial charge in [-0.15, -0.1) is 0 Å². The van der Waals surface area contributed by atoms with Crippen LogP contribution in [0.2, 0.25) is 0 Å². The lowest BCUT2D eigenvalue weighted by atomic mass is 10.2. The van der Waals surface area contributed by atoms with Gasteiger partial charge in [-0.25, -0.2) is 0 Å². The van der Waals surface area contributed by atoms with Crippen molar-refractivity contribution in [2.24, 2.45) is 0 Å². The van der Waals surface area contributed by atoms with Crippen molar-refractivity contribution in [1.82, 2.24) is 15.2 Å². The topological polar surface area (TPSA) is 67.8 Å². The molecule has 0 aromatic carbocycles. The Morgan fingerprint density at radius 1 is 1.22 bits per heavy atom. The summed E-state index contributed by atoms with van der Waals surface area (Å²) in [5.41, 5.74) is 2.45. The van der Waals surface area contributed by atoms with Crippen molar-refractivity contribution in [2.75, 3.05) is 5.32 Å². The van der Waals surface area contributed by atoms with Gasteiger partial charge in [-0.1, -0.05) is 0 Å². The Hall–Kier alpha value is -1.82. The van der Waals surface area contributed by atoms with Gasteiger partial charge in [0, 0.05) is 10.7 Å². The number of rotatable bonds is 2. The van der Waals surface area contributed by atoms with E-state index in [2.05, 4.69) is 36.4 Å². The standard InChI is InChI=1S/C12H11BrN4O/c1-7-3-11(8(2)17-16-7)12(18)15-10-4-9(13)5-14-6-10/h3-6H,1-2H3,(H,15,18). The van der Waals surface area contributed by atoms with Crippen LogP contribution in [0.25, 0.3) is 0 Å². The molecule has 92 valence electrons. The highest BCUT2D eigenvalue weighted by Crippen LogP contribution is 2.15. The zero-order chi connectivity index (χ0) is 13.1. The van der Waals surface area contributed by atoms with Crippen LogP contribution < -0.4 is 5.32 Å². The van der Waals surface area contributed by atoms with Crippen molar-refractivity contribution in [3.8, 4) is 0 Å². The number of amides is 1. The smallest absolute Gasteiger partial charge is 0.257 e. The van der Waals surface area contributed by atoms with Gasteiger partial charge in [0.15, 0.2) is 0 Å². The monoisotopic (exact) mass is 306 g/mol. The van der Waals surface area contributed by atoms with Crippen molar-refractivity contribution < 1.29 is 4.79 Å². The largest absolute Gasteiger partial charge is 0.320 e. The number of halogens is 1. The number of nitrogens with one attached hydrogen (secondary N) is 1. The van der Waals surface area contributed by atoms with Crippen molar-refractivity contribution in [3.05, 3.63) is 46.0 Å². The van der Waals surface area contributed by atoms with E-state index in [4.69, 9.17) is 0 Å². The average Bonchev–Trinajstić information content (AvgIpc) is 2.32. The van der Waals surface area contributed by atoms with Crippen LogP contribution in [0.3, 0.4) is 0 Å². The van der Waals surface area contributed by atoms with Crippen LogP contribution in [0.5, 0.6) is 0 Å². The Bertz CT molecular complexity index is 600. The van der Waals surface area contributed by atoms with E-state index in [1.165, 1.54) is 0 Å². The van der Waals surface area contributed by atoms with E-state index in [0.717, 1.165) is 4.47 Å². The fourth-order valence-electron chi connectivity index (χ4n) is 1.46. The van der Waals surface area contributed by atoms with E-state index >= 15 is 0 Å². The average molecular weight is 307 g/mol. The summed E-state index contributed by atoms with van der Waals surface area (Å²) in [6.45, 7) is 3.55. The lowest BCUT2D eigenvalue weighted by molar-refractivity contribution is 0.102. The van der Waals surface area contributed by atoms with Crippen LogP contribution in [-0.4, -0.2) is 21.1 Å². The lowest BCUT2D eigenvalue weighted by Gasteiger charge is -2.07. The van der Waals surface area contributed by atoms with Crippen LogP contribution in [0.4, 0.5) is 5.69 Å². The molecule has 1 amide bonds. The van der Waals surface area contributed by atoms with Gasteiger partial charge in [-0.3, -0.25) is 9.78 Å². The second-order valence-corrected chi connectivity index (χ2v) is 4.75. The van der Waals surface area contributed by atoms with E-state index in [1.807, 2.05) is 0 Å². The molecule has 0 radical (unpaired) electrons. The zero-order valence-electron chi connectivity index (χ0n) is 9.94. The molecule has 0 unspecified atom stereocenters. The highest BCUT2D eigenvalue weighted by molar-refractivity contribution is 9.10. The number of carbonyl (C=O) groups excluding carboxylic acids is 1. The molecular weight excluding hydrogens is 296 g/mol. The number of nitrogens with zero attached hydrogens (tertiary/aromatic N) is 3. The van der Waals surface area contributed by atoms with Crippen molar-refractivity contribution in [3.63, 3.8) is 0 Å². The van der Waals surface area contributed by atoms with E-state index in [-0.39, 0.29) is 5.91 Å². The molecule has 0 spiro atoms. The summed E-state index contributed by atoms with van der Waals surface area (Å²) < 4.78 is 0.807. The minimum absolute atomic E-state index is 0.217. The molecule has 6 heteroatoms. The number of aromatic nitrogens is 3. The van der Waals surface area contributed by atoms with Crippen LogP contribution in [-0.2, 0) is 0 Å². The molecule has 0 aliphatic rings. The second-order valence-electron chi connectivity index (χ2n) is 3.83. The van der Waals surface area contributed by atoms with Gasteiger partial charge >= 0.3 is 0 Å². The minimum atomic E-state index is -0.217. The Balaban J connectivity index is 2.24. The summed E-state index contributed by atoms with van der Waals surface area (Å²) in [6, 6.07) is 3.49. The lowest BCUT2D eigenvalue weighted by Crippen LogP contribution is -2.15. The molecule has 0 atom stereocenters. The second kappa shape index (κ2) is 5.22. The third-order valence-electron chi connectivity index (χ3n) is 2.31. The van der Waals surface area contributed by atoms with Gasteiger partial charge in [0.2, 0.25) is 0 Å². The summed E-state index contributed by atoms with van der Waals surface area (Å²) >= 11 is 3.30. The van der Waals surface area contributed by atoms with Gasteiger partial charge in [0.05, 0.1) is 28.8 Å². The molecule has 5 nitrogen and oxygen atoms in total. The quantitative estimate of drug-likeness (QED) is 0.925. The fourth-order valence-corrected chi connectivity index (χ4v) is 1.82. The fraction of sp³-hybridized carbons (Fsp3) is 0.167. The maximum absolute atomic E-state index is 12.1. The Morgan fingerprint density at radius 2 is 2.00 bits per heavy atom. The van der Waals surface area contributed by atoms with E-state index < -0.39 is 0 Å². The van der Waals surface area contributed by atoms with Crippen LogP contribution in [0.1, 0.15) is 21.7 Å². The first-order chi connectivity index (χ1) is 8.56. The maximum atomic E-state index is 12.1. The van der Waals surface area contributed by atoms with Crippen LogP contribution in [0.15, 0.2) is 29.0 Å². The molecule has 1 N–H and O–H groups in total. The molecule has 0 saturated carbocycles. The summed E-state index contributed by atoms with van der Waals surface area (Å²) in [5, 5.41) is 10.6. The SMILES string of the molecule is Cc1cc(C(=O)Nc2cncc(Br)c2)c(C)nn1. The van der Waals surface area contributed by atoms with Gasteiger partial charge < -0.3 is 5.32 Å². The molecular formula is C12H11BrN4O. The van der Waals surface area contributed by atoms with Gasteiger partial charge in [-0.05, 0) is 41.9 Å². The van der Waals surface area contributed by atoms with Gasteiger partial charge in [0.1, 0.15) is 0 Å². The Labute approximate surface area is 113 Å². The summed E-state index contributed by atoms with van der Waals surface area (Å²) in [6.07, 6.45) is 3.23. The Morgan fingerprint density at radius 3 is 2.72 bits per heavy atom. The van der Waals surface area contributed by atoms with E-state index in [9.17, 15) is 4.79 Å². The third kappa shape index (κ3) is 2.89. The minimum Gasteiger partial charge on any atom is -0.320 e. The highest BCUT2D eigenvalue weighted by Gasteiger charge is 2.11. The number of pyridine rings is 1. The summed E-state index contributed by atoms with van der Waals surface area (Å²) in [5.74, 6) is -0.217. The molecule has 0 aliphatic carbocycles. The maximum Gasteiger partial charge on any atom is 0.257 e. The first-order valence-corrected chi connectivity index (χ1v) is 6.08. The van der Waals surface area contributed by atoms with E-state index in [1.54, 1.807) is 38.4 Å². The van der Waals surface area contributed by atoms with Gasteiger partial charge in [0.25, 0.3) is 5.91 Å². The zero-order valence-corrected chi connectivity index (χ0v) is 11.5. The number of carbonyl (C=O) groups is 1. The normalized spacial score (nSPS) is 10.2. The predicted molar refractivity (Wildman–Crippen MR) is 71.4 cm³/mol. The molecule has 0 fully saturated rings. The number of aryl methyl sites for hydroxylation is 2. The highest BCUT2D eigenvalue weighted by atomic mass is 79.9. The Kier molecular flexibility index (Phi) is 3.66. The van der Waals surface area contributed by atoms with Crippen LogP contribution >= 0.6 is 15.9 Å². The number of hydrogen-bond acceptors (Lipinski definition) is 4. The van der Waals surface area contributed by atoms with Gasteiger partial charge in [-0.2, -0.15) is 10.2 Å². The molecule has 0 bridgehead atoms. The van der Waals surface area contributed by atoms with Crippen molar-refractivity contribution >= 4 is 27.5 Å². The first-order valence-electron chi connectivity index (χ1n) is 5.29.